The molecule has 0 spiro atoms. The van der Waals surface area contributed by atoms with Gasteiger partial charge in [0.15, 0.2) is 0 Å². The highest BCUT2D eigenvalue weighted by atomic mass is 16.3. The Hall–Kier alpha value is -2.03. The van der Waals surface area contributed by atoms with Crippen LogP contribution in [0.4, 0.5) is 0 Å². The van der Waals surface area contributed by atoms with Gasteiger partial charge in [-0.25, -0.2) is 0 Å². The SMILES string of the molecule is O=C(CCc1ccccc1)NC1CCCCC1Cc1ccco1. The number of carbonyl (C=O) groups excluding carboxylic acids is 1. The molecule has 3 nitrogen and oxygen atoms in total. The highest BCUT2D eigenvalue weighted by Gasteiger charge is 2.27. The summed E-state index contributed by atoms with van der Waals surface area (Å²) in [5.74, 6) is 1.70. The van der Waals surface area contributed by atoms with E-state index in [-0.39, 0.29) is 11.9 Å². The van der Waals surface area contributed by atoms with Crippen LogP contribution >= 0.6 is 0 Å². The molecule has 1 aromatic carbocycles. The van der Waals surface area contributed by atoms with E-state index in [1.54, 1.807) is 6.26 Å². The molecule has 1 fully saturated rings. The maximum atomic E-state index is 12.3. The third kappa shape index (κ3) is 4.72. The molecule has 1 heterocycles. The minimum atomic E-state index is 0.171. The van der Waals surface area contributed by atoms with Gasteiger partial charge < -0.3 is 9.73 Å². The second-order valence-electron chi connectivity index (χ2n) is 6.49. The number of hydrogen-bond acceptors (Lipinski definition) is 2. The molecule has 3 rings (SSSR count). The smallest absolute Gasteiger partial charge is 0.220 e. The van der Waals surface area contributed by atoms with Gasteiger partial charge in [-0.3, -0.25) is 4.79 Å². The van der Waals surface area contributed by atoms with Crippen molar-refractivity contribution < 1.29 is 9.21 Å². The topological polar surface area (TPSA) is 42.2 Å². The molecule has 23 heavy (non-hydrogen) atoms. The van der Waals surface area contributed by atoms with Crippen molar-refractivity contribution in [2.75, 3.05) is 0 Å². The van der Waals surface area contributed by atoms with Crippen LogP contribution in [0.3, 0.4) is 0 Å². The first-order valence-electron chi connectivity index (χ1n) is 8.67. The van der Waals surface area contributed by atoms with E-state index in [2.05, 4.69) is 17.4 Å². The van der Waals surface area contributed by atoms with Crippen LogP contribution in [0.1, 0.15) is 43.4 Å². The first-order valence-corrected chi connectivity index (χ1v) is 8.67. The molecule has 1 N–H and O–H groups in total. The lowest BCUT2D eigenvalue weighted by Gasteiger charge is -2.31. The van der Waals surface area contributed by atoms with Gasteiger partial charge in [0.25, 0.3) is 0 Å². The molecule has 2 unspecified atom stereocenters. The second-order valence-corrected chi connectivity index (χ2v) is 6.49. The number of benzene rings is 1. The number of nitrogens with one attached hydrogen (secondary N) is 1. The lowest BCUT2D eigenvalue weighted by atomic mass is 9.81. The molecular formula is C20H25NO2. The van der Waals surface area contributed by atoms with Crippen LogP contribution in [0.5, 0.6) is 0 Å². The molecule has 1 aliphatic rings. The van der Waals surface area contributed by atoms with Crippen LogP contribution in [0.25, 0.3) is 0 Å². The summed E-state index contributed by atoms with van der Waals surface area (Å²) in [5.41, 5.74) is 1.22. The molecule has 1 aliphatic carbocycles. The summed E-state index contributed by atoms with van der Waals surface area (Å²) in [4.78, 5) is 12.3. The summed E-state index contributed by atoms with van der Waals surface area (Å²) < 4.78 is 5.48. The first-order chi connectivity index (χ1) is 11.3. The molecule has 122 valence electrons. The molecule has 3 heteroatoms. The zero-order valence-corrected chi connectivity index (χ0v) is 13.5. The maximum Gasteiger partial charge on any atom is 0.220 e. The zero-order valence-electron chi connectivity index (χ0n) is 13.5. The minimum Gasteiger partial charge on any atom is -0.469 e. The van der Waals surface area contributed by atoms with Gasteiger partial charge in [-0.1, -0.05) is 43.2 Å². The van der Waals surface area contributed by atoms with E-state index in [0.717, 1.165) is 25.0 Å². The van der Waals surface area contributed by atoms with E-state index in [1.165, 1.54) is 24.8 Å². The van der Waals surface area contributed by atoms with Gasteiger partial charge in [-0.15, -0.1) is 0 Å². The van der Waals surface area contributed by atoms with Crippen molar-refractivity contribution in [3.63, 3.8) is 0 Å². The monoisotopic (exact) mass is 311 g/mol. The Morgan fingerprint density at radius 1 is 1.09 bits per heavy atom. The lowest BCUT2D eigenvalue weighted by Crippen LogP contribution is -2.42. The molecule has 0 bridgehead atoms. The molecule has 2 atom stereocenters. The second kappa shape index (κ2) is 8.00. The largest absolute Gasteiger partial charge is 0.469 e. The van der Waals surface area contributed by atoms with E-state index >= 15 is 0 Å². The van der Waals surface area contributed by atoms with Gasteiger partial charge in [0, 0.05) is 18.9 Å². The Balaban J connectivity index is 1.51. The summed E-state index contributed by atoms with van der Waals surface area (Å²) in [6.07, 6.45) is 8.74. The Kier molecular flexibility index (Phi) is 5.51. The summed E-state index contributed by atoms with van der Waals surface area (Å²) in [6, 6.07) is 14.5. The Morgan fingerprint density at radius 3 is 2.70 bits per heavy atom. The van der Waals surface area contributed by atoms with Crippen molar-refractivity contribution in [2.24, 2.45) is 5.92 Å². The van der Waals surface area contributed by atoms with E-state index in [4.69, 9.17) is 4.42 Å². The van der Waals surface area contributed by atoms with E-state index in [9.17, 15) is 4.79 Å². The van der Waals surface area contributed by atoms with Crippen LogP contribution in [-0.2, 0) is 17.6 Å². The highest BCUT2D eigenvalue weighted by Crippen LogP contribution is 2.28. The summed E-state index contributed by atoms with van der Waals surface area (Å²) in [7, 11) is 0. The number of hydrogen-bond donors (Lipinski definition) is 1. The highest BCUT2D eigenvalue weighted by molar-refractivity contribution is 5.76. The van der Waals surface area contributed by atoms with Crippen molar-refractivity contribution in [3.8, 4) is 0 Å². The summed E-state index contributed by atoms with van der Waals surface area (Å²) in [5, 5.41) is 3.27. The summed E-state index contributed by atoms with van der Waals surface area (Å²) in [6.45, 7) is 0. The van der Waals surface area contributed by atoms with Gasteiger partial charge in [0.05, 0.1) is 6.26 Å². The normalized spacial score (nSPS) is 21.0. The molecule has 2 aromatic rings. The predicted octanol–water partition coefficient (Wildman–Crippen LogP) is 4.13. The average molecular weight is 311 g/mol. The number of aryl methyl sites for hydroxylation is 1. The Labute approximate surface area is 138 Å². The fourth-order valence-corrected chi connectivity index (χ4v) is 3.51. The van der Waals surface area contributed by atoms with Crippen molar-refractivity contribution >= 4 is 5.91 Å². The molecule has 0 saturated heterocycles. The van der Waals surface area contributed by atoms with Crippen molar-refractivity contribution in [3.05, 3.63) is 60.1 Å². The van der Waals surface area contributed by atoms with Crippen molar-refractivity contribution in [2.45, 2.75) is 51.0 Å². The van der Waals surface area contributed by atoms with Crippen molar-refractivity contribution in [1.82, 2.24) is 5.32 Å². The molecular weight excluding hydrogens is 286 g/mol. The van der Waals surface area contributed by atoms with Crippen LogP contribution in [0.15, 0.2) is 53.1 Å². The van der Waals surface area contributed by atoms with Gasteiger partial charge in [-0.05, 0) is 42.9 Å². The Morgan fingerprint density at radius 2 is 1.91 bits per heavy atom. The fourth-order valence-electron chi connectivity index (χ4n) is 3.51. The molecule has 0 aliphatic heterocycles. The standard InChI is InChI=1S/C20H25NO2/c22-20(13-12-16-7-2-1-3-8-16)21-19-11-5-4-9-17(19)15-18-10-6-14-23-18/h1-3,6-8,10,14,17,19H,4-5,9,11-13,15H2,(H,21,22). The van der Waals surface area contributed by atoms with Crippen molar-refractivity contribution in [1.29, 1.82) is 0 Å². The number of amides is 1. The average Bonchev–Trinajstić information content (AvgIpc) is 3.09. The van der Waals surface area contributed by atoms with Gasteiger partial charge in [0.1, 0.15) is 5.76 Å². The van der Waals surface area contributed by atoms with Crippen LogP contribution in [-0.4, -0.2) is 11.9 Å². The molecule has 1 amide bonds. The number of rotatable bonds is 6. The van der Waals surface area contributed by atoms with Gasteiger partial charge >= 0.3 is 0 Å². The van der Waals surface area contributed by atoms with Gasteiger partial charge in [0.2, 0.25) is 5.91 Å². The van der Waals surface area contributed by atoms with E-state index < -0.39 is 0 Å². The van der Waals surface area contributed by atoms with Crippen LogP contribution < -0.4 is 5.32 Å². The third-order valence-corrected chi connectivity index (χ3v) is 4.78. The molecule has 0 radical (unpaired) electrons. The van der Waals surface area contributed by atoms with Gasteiger partial charge in [-0.2, -0.15) is 0 Å². The Bertz CT molecular complexity index is 591. The van der Waals surface area contributed by atoms with E-state index in [0.29, 0.717) is 12.3 Å². The lowest BCUT2D eigenvalue weighted by molar-refractivity contribution is -0.122. The minimum absolute atomic E-state index is 0.171. The van der Waals surface area contributed by atoms with Crippen LogP contribution in [0.2, 0.25) is 0 Å². The number of carbonyl (C=O) groups is 1. The zero-order chi connectivity index (χ0) is 15.9. The first kappa shape index (κ1) is 15.9. The summed E-state index contributed by atoms with van der Waals surface area (Å²) >= 11 is 0. The van der Waals surface area contributed by atoms with Crippen LogP contribution in [0, 0.1) is 5.92 Å². The number of furan rings is 1. The predicted molar refractivity (Wildman–Crippen MR) is 91.1 cm³/mol. The molecule has 1 saturated carbocycles. The van der Waals surface area contributed by atoms with E-state index in [1.807, 2.05) is 30.3 Å². The molecule has 1 aromatic heterocycles. The third-order valence-electron chi connectivity index (χ3n) is 4.78. The quantitative estimate of drug-likeness (QED) is 0.871. The maximum absolute atomic E-state index is 12.3. The fraction of sp³-hybridized carbons (Fsp3) is 0.450.